The average molecular weight is 399 g/mol. The third-order valence-corrected chi connectivity index (χ3v) is 9.39. The largest absolute Gasteiger partial charge is 0.393 e. The lowest BCUT2D eigenvalue weighted by molar-refractivity contribution is -0.0777. The molecule has 3 saturated carbocycles. The molecule has 0 heterocycles. The fourth-order valence-corrected chi connectivity index (χ4v) is 7.80. The van der Waals surface area contributed by atoms with E-state index in [1.54, 1.807) is 16.7 Å². The highest BCUT2D eigenvalue weighted by atomic mass is 16.3. The molecule has 4 aliphatic rings. The number of hydrogen-bond donors (Lipinski definition) is 2. The van der Waals surface area contributed by atoms with Crippen LogP contribution in [0.3, 0.4) is 0 Å². The minimum Gasteiger partial charge on any atom is -0.393 e. The molecule has 0 bridgehead atoms. The minimum atomic E-state index is -0.258. The Balaban J connectivity index is 1.63. The number of aliphatic hydroxyl groups excluding tert-OH is 2. The first-order chi connectivity index (χ1) is 13.7. The van der Waals surface area contributed by atoms with Crippen molar-refractivity contribution in [3.05, 3.63) is 34.4 Å². The lowest BCUT2D eigenvalue weighted by atomic mass is 9.48. The highest BCUT2D eigenvalue weighted by Crippen LogP contribution is 2.65. The molecule has 7 atom stereocenters. The molecule has 2 heteroatoms. The predicted octanol–water partition coefficient (Wildman–Crippen LogP) is 6.34. The summed E-state index contributed by atoms with van der Waals surface area (Å²) in [6.07, 6.45) is 14.1. The molecule has 4 aliphatic carbocycles. The van der Waals surface area contributed by atoms with Crippen LogP contribution in [0, 0.1) is 28.6 Å². The summed E-state index contributed by atoms with van der Waals surface area (Å²) in [7, 11) is 0. The van der Waals surface area contributed by atoms with Crippen LogP contribution >= 0.6 is 0 Å². The molecular weight excluding hydrogens is 356 g/mol. The zero-order valence-corrected chi connectivity index (χ0v) is 19.3. The highest BCUT2D eigenvalue weighted by molar-refractivity contribution is 5.36. The van der Waals surface area contributed by atoms with Gasteiger partial charge in [-0.1, -0.05) is 48.3 Å². The molecule has 2 N–H and O–H groups in total. The van der Waals surface area contributed by atoms with Gasteiger partial charge in [0.05, 0.1) is 12.2 Å². The van der Waals surface area contributed by atoms with Crippen LogP contribution in [0.5, 0.6) is 0 Å². The van der Waals surface area contributed by atoms with Gasteiger partial charge in [0, 0.05) is 0 Å². The minimum absolute atomic E-state index is 0.0911. The molecule has 0 aromatic heterocycles. The van der Waals surface area contributed by atoms with E-state index in [1.165, 1.54) is 31.3 Å². The van der Waals surface area contributed by atoms with Gasteiger partial charge in [0.2, 0.25) is 0 Å². The Kier molecular flexibility index (Phi) is 5.66. The summed E-state index contributed by atoms with van der Waals surface area (Å²) in [6.45, 7) is 11.7. The van der Waals surface area contributed by atoms with E-state index in [0.29, 0.717) is 11.8 Å². The van der Waals surface area contributed by atoms with Gasteiger partial charge in [-0.3, -0.25) is 0 Å². The normalized spacial score (nSPS) is 45.6. The van der Waals surface area contributed by atoms with Crippen LogP contribution in [0.15, 0.2) is 34.4 Å². The lowest BCUT2D eigenvalue weighted by Gasteiger charge is -2.57. The zero-order valence-electron chi connectivity index (χ0n) is 19.3. The van der Waals surface area contributed by atoms with E-state index in [4.69, 9.17) is 0 Å². The molecule has 0 spiro atoms. The molecule has 4 rings (SSSR count). The molecule has 3 fully saturated rings. The van der Waals surface area contributed by atoms with Gasteiger partial charge in [-0.25, -0.2) is 0 Å². The molecule has 0 saturated heterocycles. The van der Waals surface area contributed by atoms with Crippen LogP contribution in [0.2, 0.25) is 0 Å². The molecular formula is C27H42O2. The highest BCUT2D eigenvalue weighted by Gasteiger charge is 2.58. The summed E-state index contributed by atoms with van der Waals surface area (Å²) >= 11 is 0. The molecule has 29 heavy (non-hydrogen) atoms. The van der Waals surface area contributed by atoms with E-state index in [2.05, 4.69) is 46.8 Å². The summed E-state index contributed by atoms with van der Waals surface area (Å²) in [5, 5.41) is 21.3. The molecule has 0 aliphatic heterocycles. The molecule has 0 aromatic carbocycles. The van der Waals surface area contributed by atoms with Gasteiger partial charge >= 0.3 is 0 Å². The maximum absolute atomic E-state index is 11.1. The van der Waals surface area contributed by atoms with Crippen molar-refractivity contribution >= 4 is 0 Å². The molecule has 162 valence electrons. The van der Waals surface area contributed by atoms with E-state index >= 15 is 0 Å². The Morgan fingerprint density at radius 3 is 2.55 bits per heavy atom. The Bertz CT molecular complexity index is 740. The molecule has 0 radical (unpaired) electrons. The number of rotatable bonds is 3. The Morgan fingerprint density at radius 1 is 1.07 bits per heavy atom. The summed E-state index contributed by atoms with van der Waals surface area (Å²) < 4.78 is 0. The quantitative estimate of drug-likeness (QED) is 0.544. The first-order valence-electron chi connectivity index (χ1n) is 12.1. The van der Waals surface area contributed by atoms with Crippen molar-refractivity contribution in [1.29, 1.82) is 0 Å². The van der Waals surface area contributed by atoms with Gasteiger partial charge in [0.1, 0.15) is 0 Å². The van der Waals surface area contributed by atoms with Gasteiger partial charge in [-0.2, -0.15) is 0 Å². The summed E-state index contributed by atoms with van der Waals surface area (Å²) in [5.74, 6) is 1.44. The monoisotopic (exact) mass is 398 g/mol. The van der Waals surface area contributed by atoms with Gasteiger partial charge < -0.3 is 10.2 Å². The number of allylic oxidation sites excluding steroid dienone is 6. The molecule has 0 aromatic rings. The first kappa shape index (κ1) is 21.4. The summed E-state index contributed by atoms with van der Waals surface area (Å²) in [5.41, 5.74) is 6.77. The third-order valence-electron chi connectivity index (χ3n) is 9.39. The van der Waals surface area contributed by atoms with Crippen molar-refractivity contribution in [3.8, 4) is 0 Å². The molecule has 2 nitrogen and oxygen atoms in total. The standard InChI is InChI=1S/C27H42O2/c1-17(2)7-6-8-18(3)21-9-10-22-20-16-25(29)24-15-19(28)11-13-27(24,5)23(20)12-14-26(21,22)4/h7,12,19-20,22,24-25,28-29H,6,8-11,13-16H2,1-5H3/b21-18-/t19-,20-,22-,24+,25-,26+,27+/m0/s1. The SMILES string of the molecule is CC(C)=CCC/C(C)=C1/CC[C@H]2[C@@H]3C[C@H](O)[C@H]4C[C@@H](O)CC[C@]4(C)C3=CC[C@]12C. The van der Waals surface area contributed by atoms with E-state index in [9.17, 15) is 10.2 Å². The van der Waals surface area contributed by atoms with E-state index in [-0.39, 0.29) is 29.0 Å². The Labute approximate surface area is 178 Å². The van der Waals surface area contributed by atoms with Crippen molar-refractivity contribution in [3.63, 3.8) is 0 Å². The topological polar surface area (TPSA) is 40.5 Å². The van der Waals surface area contributed by atoms with Crippen LogP contribution in [0.1, 0.15) is 92.4 Å². The van der Waals surface area contributed by atoms with Crippen molar-refractivity contribution < 1.29 is 10.2 Å². The van der Waals surface area contributed by atoms with Gasteiger partial charge in [0.25, 0.3) is 0 Å². The van der Waals surface area contributed by atoms with Crippen molar-refractivity contribution in [2.45, 2.75) is 105 Å². The first-order valence-corrected chi connectivity index (χ1v) is 12.1. The van der Waals surface area contributed by atoms with Crippen molar-refractivity contribution in [1.82, 2.24) is 0 Å². The maximum Gasteiger partial charge on any atom is 0.0583 e. The second-order valence-electron chi connectivity index (χ2n) is 11.4. The Hall–Kier alpha value is -0.860. The number of aliphatic hydroxyl groups is 2. The van der Waals surface area contributed by atoms with Crippen LogP contribution < -0.4 is 0 Å². The second kappa shape index (κ2) is 7.68. The summed E-state index contributed by atoms with van der Waals surface area (Å²) in [4.78, 5) is 0. The van der Waals surface area contributed by atoms with E-state index < -0.39 is 0 Å². The van der Waals surface area contributed by atoms with Gasteiger partial charge in [-0.05, 0) is 107 Å². The van der Waals surface area contributed by atoms with E-state index in [0.717, 1.165) is 32.1 Å². The van der Waals surface area contributed by atoms with E-state index in [1.807, 2.05) is 0 Å². The Morgan fingerprint density at radius 2 is 1.83 bits per heavy atom. The van der Waals surface area contributed by atoms with Gasteiger partial charge in [0.15, 0.2) is 0 Å². The van der Waals surface area contributed by atoms with Crippen molar-refractivity contribution in [2.75, 3.05) is 0 Å². The fourth-order valence-electron chi connectivity index (χ4n) is 7.80. The van der Waals surface area contributed by atoms with Crippen molar-refractivity contribution in [2.24, 2.45) is 28.6 Å². The third kappa shape index (κ3) is 3.49. The average Bonchev–Trinajstić information content (AvgIpc) is 3.00. The van der Waals surface area contributed by atoms with Crippen LogP contribution in [0.4, 0.5) is 0 Å². The zero-order chi connectivity index (χ0) is 21.0. The number of hydrogen-bond acceptors (Lipinski definition) is 2. The second-order valence-corrected chi connectivity index (χ2v) is 11.4. The van der Waals surface area contributed by atoms with Crippen LogP contribution in [-0.4, -0.2) is 22.4 Å². The predicted molar refractivity (Wildman–Crippen MR) is 120 cm³/mol. The van der Waals surface area contributed by atoms with Crippen LogP contribution in [-0.2, 0) is 0 Å². The molecule has 0 amide bonds. The maximum atomic E-state index is 11.1. The summed E-state index contributed by atoms with van der Waals surface area (Å²) in [6, 6.07) is 0. The number of fused-ring (bicyclic) bond motifs is 5. The molecule has 0 unspecified atom stereocenters. The lowest BCUT2D eigenvalue weighted by Crippen LogP contribution is -2.53. The van der Waals surface area contributed by atoms with Gasteiger partial charge in [-0.15, -0.1) is 0 Å². The van der Waals surface area contributed by atoms with Crippen LogP contribution in [0.25, 0.3) is 0 Å². The smallest absolute Gasteiger partial charge is 0.0583 e. The fraction of sp³-hybridized carbons (Fsp3) is 0.778.